The highest BCUT2D eigenvalue weighted by molar-refractivity contribution is 5.92. The number of nitrogens with one attached hydrogen (secondary N) is 3. The minimum atomic E-state index is -0.662. The van der Waals surface area contributed by atoms with Crippen LogP contribution in [0.3, 0.4) is 0 Å². The SMILES string of the molecule is CC1=NNC(=O)N(NC(=O)NN)C1. The van der Waals surface area contributed by atoms with E-state index in [2.05, 4.69) is 16.0 Å². The summed E-state index contributed by atoms with van der Waals surface area (Å²) in [6.45, 7) is 1.95. The number of hydrogen-bond acceptors (Lipinski definition) is 4. The van der Waals surface area contributed by atoms with Gasteiger partial charge in [-0.05, 0) is 6.92 Å². The van der Waals surface area contributed by atoms with Gasteiger partial charge in [0.1, 0.15) is 0 Å². The highest BCUT2D eigenvalue weighted by Crippen LogP contribution is 1.92. The lowest BCUT2D eigenvalue weighted by molar-refractivity contribution is 0.173. The number of amides is 4. The minimum absolute atomic E-state index is 0.235. The number of urea groups is 2. The Morgan fingerprint density at radius 2 is 2.46 bits per heavy atom. The van der Waals surface area contributed by atoms with Crippen molar-refractivity contribution in [1.82, 2.24) is 21.3 Å². The van der Waals surface area contributed by atoms with Gasteiger partial charge in [0.05, 0.1) is 12.3 Å². The molecule has 0 unspecified atom stereocenters. The van der Waals surface area contributed by atoms with Crippen molar-refractivity contribution >= 4 is 17.8 Å². The predicted octanol–water partition coefficient (Wildman–Crippen LogP) is -1.52. The highest BCUT2D eigenvalue weighted by atomic mass is 16.2. The van der Waals surface area contributed by atoms with Gasteiger partial charge in [-0.15, -0.1) is 0 Å². The van der Waals surface area contributed by atoms with Gasteiger partial charge in [-0.25, -0.2) is 31.3 Å². The summed E-state index contributed by atoms with van der Waals surface area (Å²) in [5.41, 5.74) is 6.93. The molecule has 0 aromatic rings. The van der Waals surface area contributed by atoms with Crippen LogP contribution < -0.4 is 22.1 Å². The summed E-state index contributed by atoms with van der Waals surface area (Å²) in [7, 11) is 0. The molecule has 8 nitrogen and oxygen atoms in total. The fourth-order valence-corrected chi connectivity index (χ4v) is 0.785. The van der Waals surface area contributed by atoms with Crippen LogP contribution in [0.4, 0.5) is 9.59 Å². The Balaban J connectivity index is 2.55. The second kappa shape index (κ2) is 3.72. The Morgan fingerprint density at radius 3 is 3.08 bits per heavy atom. The Morgan fingerprint density at radius 1 is 1.77 bits per heavy atom. The summed E-state index contributed by atoms with van der Waals surface area (Å²) in [6.07, 6.45) is 0. The second-order valence-electron chi connectivity index (χ2n) is 2.44. The Kier molecular flexibility index (Phi) is 2.65. The van der Waals surface area contributed by atoms with E-state index in [0.717, 1.165) is 5.01 Å². The Labute approximate surface area is 74.1 Å². The third-order valence-electron chi connectivity index (χ3n) is 1.34. The normalized spacial score (nSPS) is 16.0. The van der Waals surface area contributed by atoms with Crippen molar-refractivity contribution in [2.45, 2.75) is 6.92 Å². The second-order valence-corrected chi connectivity index (χ2v) is 2.44. The monoisotopic (exact) mass is 186 g/mol. The van der Waals surface area contributed by atoms with Crippen molar-refractivity contribution in [1.29, 1.82) is 0 Å². The zero-order chi connectivity index (χ0) is 9.84. The lowest BCUT2D eigenvalue weighted by atomic mass is 10.4. The van der Waals surface area contributed by atoms with E-state index in [-0.39, 0.29) is 6.54 Å². The summed E-state index contributed by atoms with van der Waals surface area (Å²) in [4.78, 5) is 21.7. The van der Waals surface area contributed by atoms with Crippen LogP contribution in [-0.2, 0) is 0 Å². The highest BCUT2D eigenvalue weighted by Gasteiger charge is 2.19. The van der Waals surface area contributed by atoms with Gasteiger partial charge in [0.25, 0.3) is 0 Å². The van der Waals surface area contributed by atoms with Gasteiger partial charge in [0.2, 0.25) is 0 Å². The number of nitrogens with zero attached hydrogens (tertiary/aromatic N) is 2. The lowest BCUT2D eigenvalue weighted by Gasteiger charge is -2.25. The first kappa shape index (κ1) is 9.26. The zero-order valence-electron chi connectivity index (χ0n) is 7.00. The van der Waals surface area contributed by atoms with Crippen molar-refractivity contribution in [2.75, 3.05) is 6.54 Å². The average Bonchev–Trinajstić information content (AvgIpc) is 2.11. The van der Waals surface area contributed by atoms with E-state index < -0.39 is 12.1 Å². The first-order valence-corrected chi connectivity index (χ1v) is 3.51. The molecule has 0 aromatic heterocycles. The van der Waals surface area contributed by atoms with Crippen LogP contribution in [0.15, 0.2) is 5.10 Å². The molecular weight excluding hydrogens is 176 g/mol. The van der Waals surface area contributed by atoms with Crippen LogP contribution >= 0.6 is 0 Å². The predicted molar refractivity (Wildman–Crippen MR) is 44.2 cm³/mol. The fraction of sp³-hybridized carbons (Fsp3) is 0.400. The molecule has 0 saturated heterocycles. The number of hydrazine groups is 2. The molecule has 1 heterocycles. The molecule has 0 atom stereocenters. The maximum atomic E-state index is 11.0. The van der Waals surface area contributed by atoms with Gasteiger partial charge >= 0.3 is 12.1 Å². The van der Waals surface area contributed by atoms with Gasteiger partial charge < -0.3 is 0 Å². The number of rotatable bonds is 1. The van der Waals surface area contributed by atoms with Crippen LogP contribution in [0.1, 0.15) is 6.92 Å². The summed E-state index contributed by atoms with van der Waals surface area (Å²) in [5, 5.41) is 4.73. The zero-order valence-corrected chi connectivity index (χ0v) is 7.00. The van der Waals surface area contributed by atoms with E-state index in [1.807, 2.05) is 5.43 Å². The van der Waals surface area contributed by atoms with Gasteiger partial charge in [0, 0.05) is 0 Å². The van der Waals surface area contributed by atoms with Crippen molar-refractivity contribution in [3.8, 4) is 0 Å². The molecule has 1 aliphatic rings. The van der Waals surface area contributed by atoms with E-state index in [9.17, 15) is 9.59 Å². The molecule has 0 radical (unpaired) electrons. The molecule has 5 N–H and O–H groups in total. The summed E-state index contributed by atoms with van der Waals surface area (Å²) < 4.78 is 0. The lowest BCUT2D eigenvalue weighted by Crippen LogP contribution is -2.57. The van der Waals surface area contributed by atoms with Crippen LogP contribution in [0, 0.1) is 0 Å². The van der Waals surface area contributed by atoms with Crippen molar-refractivity contribution in [2.24, 2.45) is 10.9 Å². The van der Waals surface area contributed by atoms with E-state index in [0.29, 0.717) is 5.71 Å². The van der Waals surface area contributed by atoms with Crippen LogP contribution in [-0.4, -0.2) is 29.3 Å². The van der Waals surface area contributed by atoms with E-state index in [1.165, 1.54) is 0 Å². The first-order chi connectivity index (χ1) is 6.13. The van der Waals surface area contributed by atoms with Crippen LogP contribution in [0.2, 0.25) is 0 Å². The molecule has 0 bridgehead atoms. The van der Waals surface area contributed by atoms with E-state index in [4.69, 9.17) is 5.84 Å². The smallest absolute Gasteiger partial charge is 0.275 e. The molecular formula is C5H10N6O2. The van der Waals surface area contributed by atoms with Crippen molar-refractivity contribution in [3.05, 3.63) is 0 Å². The molecule has 4 amide bonds. The number of hydrogen-bond donors (Lipinski definition) is 4. The van der Waals surface area contributed by atoms with E-state index >= 15 is 0 Å². The molecule has 1 rings (SSSR count). The Hall–Kier alpha value is -1.83. The number of carbonyl (C=O) groups is 2. The van der Waals surface area contributed by atoms with Gasteiger partial charge in [-0.1, -0.05) is 0 Å². The molecule has 1 aliphatic heterocycles. The van der Waals surface area contributed by atoms with Crippen LogP contribution in [0.5, 0.6) is 0 Å². The Bertz CT molecular complexity index is 262. The van der Waals surface area contributed by atoms with Crippen molar-refractivity contribution in [3.63, 3.8) is 0 Å². The molecule has 72 valence electrons. The summed E-state index contributed by atoms with van der Waals surface area (Å²) >= 11 is 0. The summed E-state index contributed by atoms with van der Waals surface area (Å²) in [6, 6.07) is -1.17. The minimum Gasteiger partial charge on any atom is -0.275 e. The summed E-state index contributed by atoms with van der Waals surface area (Å²) in [5.74, 6) is 4.82. The van der Waals surface area contributed by atoms with Gasteiger partial charge in [0.15, 0.2) is 0 Å². The van der Waals surface area contributed by atoms with Gasteiger partial charge in [-0.3, -0.25) is 5.43 Å². The molecule has 0 saturated carbocycles. The largest absolute Gasteiger partial charge is 0.356 e. The maximum absolute atomic E-state index is 11.0. The topological polar surface area (TPSA) is 112 Å². The van der Waals surface area contributed by atoms with Crippen molar-refractivity contribution < 1.29 is 9.59 Å². The standard InChI is InChI=1S/C5H10N6O2/c1-3-2-11(5(13)9-8-3)10-4(12)7-6/h2,6H2,1H3,(H,9,13)(H2,7,10,12). The molecule has 8 heteroatoms. The number of hydrazone groups is 1. The number of nitrogens with two attached hydrogens (primary N) is 1. The quantitative estimate of drug-likeness (QED) is 0.226. The third-order valence-corrected chi connectivity index (χ3v) is 1.34. The molecule has 0 fully saturated rings. The fourth-order valence-electron chi connectivity index (χ4n) is 0.785. The molecule has 0 aliphatic carbocycles. The van der Waals surface area contributed by atoms with Crippen LogP contribution in [0.25, 0.3) is 0 Å². The maximum Gasteiger partial charge on any atom is 0.356 e. The number of carbonyl (C=O) groups excluding carboxylic acids is 2. The third kappa shape index (κ3) is 2.30. The van der Waals surface area contributed by atoms with Gasteiger partial charge in [-0.2, -0.15) is 5.10 Å². The van der Waals surface area contributed by atoms with E-state index in [1.54, 1.807) is 6.92 Å². The molecule has 0 aromatic carbocycles. The average molecular weight is 186 g/mol. The molecule has 0 spiro atoms. The first-order valence-electron chi connectivity index (χ1n) is 3.51. The molecule has 13 heavy (non-hydrogen) atoms.